The Kier molecular flexibility index (Phi) is 4.63. The van der Waals surface area contributed by atoms with Gasteiger partial charge in [-0.2, -0.15) is 0 Å². The number of ether oxygens (including phenoxy) is 1. The lowest BCUT2D eigenvalue weighted by molar-refractivity contribution is 0.410. The molecule has 1 aromatic carbocycles. The summed E-state index contributed by atoms with van der Waals surface area (Å²) in [6, 6.07) is 8.68. The summed E-state index contributed by atoms with van der Waals surface area (Å²) >= 11 is 0. The molecule has 0 aromatic heterocycles. The lowest BCUT2D eigenvalue weighted by Crippen LogP contribution is -2.18. The molecule has 1 rings (SSSR count). The number of hydrogen-bond acceptors (Lipinski definition) is 2. The van der Waals surface area contributed by atoms with Crippen molar-refractivity contribution in [2.45, 2.75) is 26.3 Å². The fourth-order valence-corrected chi connectivity index (χ4v) is 1.75. The van der Waals surface area contributed by atoms with Gasteiger partial charge in [-0.05, 0) is 37.1 Å². The molecule has 0 saturated carbocycles. The van der Waals surface area contributed by atoms with Crippen LogP contribution in [0.4, 0.5) is 0 Å². The van der Waals surface area contributed by atoms with Gasteiger partial charge in [-0.3, -0.25) is 0 Å². The first-order chi connectivity index (χ1) is 7.17. The standard InChI is InChI=1S/C13H21NO/c1-10(2)8-13(14-3)11-6-5-7-12(9-11)15-4/h5-7,9-10,13-14H,8H2,1-4H3. The number of methoxy groups -OCH3 is 1. The van der Waals surface area contributed by atoms with Gasteiger partial charge in [-0.25, -0.2) is 0 Å². The van der Waals surface area contributed by atoms with Crippen LogP contribution in [0.3, 0.4) is 0 Å². The number of nitrogens with one attached hydrogen (secondary N) is 1. The Morgan fingerprint density at radius 2 is 2.07 bits per heavy atom. The van der Waals surface area contributed by atoms with Crippen molar-refractivity contribution in [3.05, 3.63) is 29.8 Å². The summed E-state index contributed by atoms with van der Waals surface area (Å²) in [5, 5.41) is 3.35. The van der Waals surface area contributed by atoms with Crippen molar-refractivity contribution < 1.29 is 4.74 Å². The normalized spacial score (nSPS) is 12.9. The molecule has 0 aliphatic rings. The lowest BCUT2D eigenvalue weighted by Gasteiger charge is -2.19. The maximum absolute atomic E-state index is 5.23. The van der Waals surface area contributed by atoms with Crippen molar-refractivity contribution in [1.82, 2.24) is 5.32 Å². The van der Waals surface area contributed by atoms with Crippen LogP contribution in [0.5, 0.6) is 5.75 Å². The van der Waals surface area contributed by atoms with E-state index in [-0.39, 0.29) is 0 Å². The van der Waals surface area contributed by atoms with E-state index in [2.05, 4.69) is 31.3 Å². The molecule has 0 amide bonds. The molecule has 1 unspecified atom stereocenters. The van der Waals surface area contributed by atoms with Crippen molar-refractivity contribution in [2.75, 3.05) is 14.2 Å². The number of rotatable bonds is 5. The second-order valence-corrected chi connectivity index (χ2v) is 4.25. The summed E-state index contributed by atoms with van der Waals surface area (Å²) in [6.07, 6.45) is 1.14. The fraction of sp³-hybridized carbons (Fsp3) is 0.538. The van der Waals surface area contributed by atoms with Gasteiger partial charge in [0.25, 0.3) is 0 Å². The Hall–Kier alpha value is -1.02. The maximum Gasteiger partial charge on any atom is 0.119 e. The van der Waals surface area contributed by atoms with Crippen molar-refractivity contribution in [2.24, 2.45) is 5.92 Å². The van der Waals surface area contributed by atoms with Crippen LogP contribution in [-0.4, -0.2) is 14.2 Å². The highest BCUT2D eigenvalue weighted by Gasteiger charge is 2.11. The molecule has 0 radical (unpaired) electrons. The van der Waals surface area contributed by atoms with E-state index in [4.69, 9.17) is 4.74 Å². The molecule has 0 aliphatic heterocycles. The Morgan fingerprint density at radius 1 is 1.33 bits per heavy atom. The summed E-state index contributed by atoms with van der Waals surface area (Å²) in [7, 11) is 3.71. The molecule has 0 spiro atoms. The zero-order valence-corrected chi connectivity index (χ0v) is 10.1. The molecule has 1 atom stereocenters. The Bertz CT molecular complexity index is 296. The van der Waals surface area contributed by atoms with Crippen molar-refractivity contribution in [3.63, 3.8) is 0 Å². The van der Waals surface area contributed by atoms with E-state index in [1.165, 1.54) is 5.56 Å². The lowest BCUT2D eigenvalue weighted by atomic mass is 9.97. The third-order valence-electron chi connectivity index (χ3n) is 2.55. The largest absolute Gasteiger partial charge is 0.497 e. The van der Waals surface area contributed by atoms with Crippen LogP contribution in [0.25, 0.3) is 0 Å². The first-order valence-electron chi connectivity index (χ1n) is 5.48. The monoisotopic (exact) mass is 207 g/mol. The van der Waals surface area contributed by atoms with Crippen LogP contribution in [0.2, 0.25) is 0 Å². The minimum atomic E-state index is 0.417. The van der Waals surface area contributed by atoms with E-state index < -0.39 is 0 Å². The first kappa shape index (κ1) is 12.1. The van der Waals surface area contributed by atoms with Crippen LogP contribution < -0.4 is 10.1 Å². The summed E-state index contributed by atoms with van der Waals surface area (Å²) < 4.78 is 5.23. The molecule has 0 aliphatic carbocycles. The van der Waals surface area contributed by atoms with E-state index in [1.54, 1.807) is 7.11 Å². The second-order valence-electron chi connectivity index (χ2n) is 4.25. The summed E-state index contributed by atoms with van der Waals surface area (Å²) in [4.78, 5) is 0. The molecule has 2 nitrogen and oxygen atoms in total. The van der Waals surface area contributed by atoms with Crippen molar-refractivity contribution in [3.8, 4) is 5.75 Å². The number of benzene rings is 1. The van der Waals surface area contributed by atoms with Crippen LogP contribution in [-0.2, 0) is 0 Å². The van der Waals surface area contributed by atoms with Crippen molar-refractivity contribution in [1.29, 1.82) is 0 Å². The molecule has 15 heavy (non-hydrogen) atoms. The van der Waals surface area contributed by atoms with E-state index in [0.717, 1.165) is 12.2 Å². The highest BCUT2D eigenvalue weighted by molar-refractivity contribution is 5.30. The highest BCUT2D eigenvalue weighted by Crippen LogP contribution is 2.23. The molecule has 84 valence electrons. The third-order valence-corrected chi connectivity index (χ3v) is 2.55. The Labute approximate surface area is 92.6 Å². The minimum absolute atomic E-state index is 0.417. The SMILES string of the molecule is CNC(CC(C)C)c1cccc(OC)c1. The molecule has 1 N–H and O–H groups in total. The fourth-order valence-electron chi connectivity index (χ4n) is 1.75. The molecular weight excluding hydrogens is 186 g/mol. The molecule has 2 heteroatoms. The molecule has 0 heterocycles. The predicted molar refractivity (Wildman–Crippen MR) is 64.2 cm³/mol. The van der Waals surface area contributed by atoms with Gasteiger partial charge in [0.2, 0.25) is 0 Å². The van der Waals surface area contributed by atoms with Gasteiger partial charge in [-0.15, -0.1) is 0 Å². The number of hydrogen-bond donors (Lipinski definition) is 1. The highest BCUT2D eigenvalue weighted by atomic mass is 16.5. The third kappa shape index (κ3) is 3.56. The topological polar surface area (TPSA) is 21.3 Å². The predicted octanol–water partition coefficient (Wildman–Crippen LogP) is 3.00. The molecule has 1 aromatic rings. The summed E-state index contributed by atoms with van der Waals surface area (Å²) in [5.41, 5.74) is 1.30. The first-order valence-corrected chi connectivity index (χ1v) is 5.48. The van der Waals surface area contributed by atoms with Gasteiger partial charge in [0.05, 0.1) is 7.11 Å². The van der Waals surface area contributed by atoms with E-state index >= 15 is 0 Å². The van der Waals surface area contributed by atoms with Crippen LogP contribution in [0.15, 0.2) is 24.3 Å². The van der Waals surface area contributed by atoms with E-state index in [1.807, 2.05) is 19.2 Å². The van der Waals surface area contributed by atoms with Gasteiger partial charge in [0.1, 0.15) is 5.75 Å². The molecular formula is C13H21NO. The molecule has 0 fully saturated rings. The quantitative estimate of drug-likeness (QED) is 0.801. The van der Waals surface area contributed by atoms with Gasteiger partial charge in [-0.1, -0.05) is 26.0 Å². The zero-order chi connectivity index (χ0) is 11.3. The van der Waals surface area contributed by atoms with Gasteiger partial charge < -0.3 is 10.1 Å². The van der Waals surface area contributed by atoms with Crippen molar-refractivity contribution >= 4 is 0 Å². The van der Waals surface area contributed by atoms with Gasteiger partial charge >= 0.3 is 0 Å². The summed E-state index contributed by atoms with van der Waals surface area (Å²) in [6.45, 7) is 4.48. The van der Waals surface area contributed by atoms with Crippen LogP contribution in [0.1, 0.15) is 31.9 Å². The Balaban J connectivity index is 2.81. The zero-order valence-electron chi connectivity index (χ0n) is 10.1. The van der Waals surface area contributed by atoms with Crippen LogP contribution >= 0.6 is 0 Å². The van der Waals surface area contributed by atoms with E-state index in [0.29, 0.717) is 12.0 Å². The molecule has 0 saturated heterocycles. The van der Waals surface area contributed by atoms with Crippen LogP contribution in [0, 0.1) is 5.92 Å². The van der Waals surface area contributed by atoms with E-state index in [9.17, 15) is 0 Å². The average Bonchev–Trinajstić information content (AvgIpc) is 2.25. The smallest absolute Gasteiger partial charge is 0.119 e. The minimum Gasteiger partial charge on any atom is -0.497 e. The molecule has 0 bridgehead atoms. The average molecular weight is 207 g/mol. The van der Waals surface area contributed by atoms with Gasteiger partial charge in [0.15, 0.2) is 0 Å². The second kappa shape index (κ2) is 5.76. The summed E-state index contributed by atoms with van der Waals surface area (Å²) in [5.74, 6) is 1.62. The van der Waals surface area contributed by atoms with Gasteiger partial charge in [0, 0.05) is 6.04 Å². The Morgan fingerprint density at radius 3 is 2.60 bits per heavy atom. The maximum atomic E-state index is 5.23.